The molecule has 1 atom stereocenters. The predicted octanol–water partition coefficient (Wildman–Crippen LogP) is 2.07. The third-order valence-electron chi connectivity index (χ3n) is 2.76. The van der Waals surface area contributed by atoms with Crippen LogP contribution in [0.4, 0.5) is 4.79 Å². The number of rotatable bonds is 8. The Morgan fingerprint density at radius 2 is 1.72 bits per heavy atom. The van der Waals surface area contributed by atoms with Gasteiger partial charge in [-0.1, -0.05) is 39.0 Å². The number of thioether (sulfide) groups is 1. The summed E-state index contributed by atoms with van der Waals surface area (Å²) >= 11 is 0.565. The average Bonchev–Trinajstić information content (AvgIpc) is 2.63. The van der Waals surface area contributed by atoms with Gasteiger partial charge in [0.15, 0.2) is 14.4 Å². The van der Waals surface area contributed by atoms with Crippen LogP contribution < -0.4 is 5.32 Å². The largest absolute Gasteiger partial charge is 0.287 e. The summed E-state index contributed by atoms with van der Waals surface area (Å²) in [6, 6.07) is 0. The standard InChI is InChI=1S/C11H19NO4S2/c1-2-3-4-5-6-7-8-18(15,16)10-9(13)12-11(14)17-10/h10H,2-8H2,1H3,(H,12,13,14). The molecule has 18 heavy (non-hydrogen) atoms. The maximum atomic E-state index is 11.8. The third kappa shape index (κ3) is 4.61. The maximum Gasteiger partial charge on any atom is 0.287 e. The van der Waals surface area contributed by atoms with Crippen molar-refractivity contribution < 1.29 is 18.0 Å². The number of imide groups is 1. The van der Waals surface area contributed by atoms with Gasteiger partial charge < -0.3 is 0 Å². The van der Waals surface area contributed by atoms with Crippen molar-refractivity contribution in [2.24, 2.45) is 0 Å². The third-order valence-corrected chi connectivity index (χ3v) is 6.40. The zero-order valence-electron chi connectivity index (χ0n) is 10.5. The number of carbonyl (C=O) groups is 2. The fourth-order valence-corrected chi connectivity index (χ4v) is 4.63. The lowest BCUT2D eigenvalue weighted by Gasteiger charge is -2.07. The summed E-state index contributed by atoms with van der Waals surface area (Å²) in [4.78, 5) is 22.2. The van der Waals surface area contributed by atoms with Crippen molar-refractivity contribution in [1.82, 2.24) is 5.32 Å². The van der Waals surface area contributed by atoms with Crippen LogP contribution in [0.3, 0.4) is 0 Å². The van der Waals surface area contributed by atoms with Crippen LogP contribution in [0.1, 0.15) is 45.4 Å². The number of amides is 2. The van der Waals surface area contributed by atoms with Crippen LogP contribution in [0.25, 0.3) is 0 Å². The summed E-state index contributed by atoms with van der Waals surface area (Å²) in [7, 11) is -3.50. The summed E-state index contributed by atoms with van der Waals surface area (Å²) in [5, 5.41) is 1.42. The molecule has 0 aliphatic carbocycles. The number of unbranched alkanes of at least 4 members (excludes halogenated alkanes) is 5. The lowest BCUT2D eigenvalue weighted by atomic mass is 10.1. The molecule has 1 unspecified atom stereocenters. The van der Waals surface area contributed by atoms with E-state index in [2.05, 4.69) is 6.92 Å². The van der Waals surface area contributed by atoms with Crippen LogP contribution in [-0.4, -0.2) is 29.9 Å². The van der Waals surface area contributed by atoms with Gasteiger partial charge in [-0.15, -0.1) is 0 Å². The Hall–Kier alpha value is -0.560. The van der Waals surface area contributed by atoms with Crippen molar-refractivity contribution in [3.8, 4) is 0 Å². The van der Waals surface area contributed by atoms with Gasteiger partial charge in [-0.25, -0.2) is 8.42 Å². The van der Waals surface area contributed by atoms with Crippen LogP contribution in [0.5, 0.6) is 0 Å². The molecule has 1 N–H and O–H groups in total. The topological polar surface area (TPSA) is 80.3 Å². The van der Waals surface area contributed by atoms with E-state index in [-0.39, 0.29) is 5.75 Å². The number of carbonyl (C=O) groups excluding carboxylic acids is 2. The lowest BCUT2D eigenvalue weighted by Crippen LogP contribution is -2.31. The molecule has 5 nitrogen and oxygen atoms in total. The number of hydrogen-bond acceptors (Lipinski definition) is 5. The van der Waals surface area contributed by atoms with Gasteiger partial charge >= 0.3 is 0 Å². The molecule has 0 aromatic carbocycles. The molecule has 1 aliphatic rings. The van der Waals surface area contributed by atoms with E-state index in [4.69, 9.17) is 0 Å². The Balaban J connectivity index is 2.32. The fourth-order valence-electron chi connectivity index (χ4n) is 1.77. The molecule has 1 heterocycles. The smallest absolute Gasteiger partial charge is 0.285 e. The van der Waals surface area contributed by atoms with E-state index in [1.54, 1.807) is 0 Å². The van der Waals surface area contributed by atoms with E-state index in [0.717, 1.165) is 25.7 Å². The van der Waals surface area contributed by atoms with E-state index in [0.29, 0.717) is 18.2 Å². The first-order valence-corrected chi connectivity index (χ1v) is 8.80. The Morgan fingerprint density at radius 3 is 2.28 bits per heavy atom. The van der Waals surface area contributed by atoms with Crippen LogP contribution in [-0.2, 0) is 14.6 Å². The number of sulfone groups is 1. The van der Waals surface area contributed by atoms with E-state index >= 15 is 0 Å². The van der Waals surface area contributed by atoms with Gasteiger partial charge in [0.05, 0.1) is 5.75 Å². The molecule has 104 valence electrons. The normalized spacial score (nSPS) is 20.2. The van der Waals surface area contributed by atoms with Gasteiger partial charge in [-0.05, 0) is 18.2 Å². The second-order valence-electron chi connectivity index (χ2n) is 4.36. The van der Waals surface area contributed by atoms with E-state index in [1.807, 2.05) is 5.32 Å². The SMILES string of the molecule is CCCCCCCCS(=O)(=O)C1SC(=O)NC1=O. The molecule has 0 aromatic rings. The minimum Gasteiger partial charge on any atom is -0.285 e. The van der Waals surface area contributed by atoms with Gasteiger partial charge in [-0.2, -0.15) is 0 Å². The van der Waals surface area contributed by atoms with Crippen LogP contribution in [0.15, 0.2) is 0 Å². The Morgan fingerprint density at radius 1 is 1.11 bits per heavy atom. The molecule has 1 aliphatic heterocycles. The van der Waals surface area contributed by atoms with Crippen molar-refractivity contribution in [3.63, 3.8) is 0 Å². The molecule has 1 fully saturated rings. The second-order valence-corrected chi connectivity index (χ2v) is 7.94. The highest BCUT2D eigenvalue weighted by Crippen LogP contribution is 2.25. The summed E-state index contributed by atoms with van der Waals surface area (Å²) in [6.07, 6.45) is 5.87. The Bertz CT molecular complexity index is 405. The first kappa shape index (κ1) is 15.5. The van der Waals surface area contributed by atoms with E-state index in [1.165, 1.54) is 6.42 Å². The first-order chi connectivity index (χ1) is 8.47. The first-order valence-electron chi connectivity index (χ1n) is 6.20. The van der Waals surface area contributed by atoms with E-state index < -0.39 is 25.6 Å². The molecular weight excluding hydrogens is 274 g/mol. The monoisotopic (exact) mass is 293 g/mol. The van der Waals surface area contributed by atoms with Gasteiger partial charge in [0, 0.05) is 0 Å². The Kier molecular flexibility index (Phi) is 6.14. The highest BCUT2D eigenvalue weighted by molar-refractivity contribution is 8.24. The number of hydrogen-bond donors (Lipinski definition) is 1. The zero-order valence-corrected chi connectivity index (χ0v) is 12.1. The van der Waals surface area contributed by atoms with Crippen LogP contribution in [0.2, 0.25) is 0 Å². The quantitative estimate of drug-likeness (QED) is 0.693. The van der Waals surface area contributed by atoms with Gasteiger partial charge in [-0.3, -0.25) is 14.9 Å². The van der Waals surface area contributed by atoms with Crippen LogP contribution in [0, 0.1) is 0 Å². The molecule has 7 heteroatoms. The van der Waals surface area contributed by atoms with Crippen molar-refractivity contribution in [2.75, 3.05) is 5.75 Å². The average molecular weight is 293 g/mol. The second kappa shape index (κ2) is 7.13. The molecule has 1 rings (SSSR count). The lowest BCUT2D eigenvalue weighted by molar-refractivity contribution is -0.117. The summed E-state index contributed by atoms with van der Waals surface area (Å²) in [5.41, 5.74) is 0. The molecule has 0 spiro atoms. The summed E-state index contributed by atoms with van der Waals surface area (Å²) < 4.78 is 22.5. The number of nitrogens with one attached hydrogen (secondary N) is 1. The molecule has 0 bridgehead atoms. The van der Waals surface area contributed by atoms with Gasteiger partial charge in [0.2, 0.25) is 0 Å². The molecule has 2 amide bonds. The maximum absolute atomic E-state index is 11.8. The highest BCUT2D eigenvalue weighted by atomic mass is 32.3. The van der Waals surface area contributed by atoms with E-state index in [9.17, 15) is 18.0 Å². The molecular formula is C11H19NO4S2. The van der Waals surface area contributed by atoms with Crippen molar-refractivity contribution in [2.45, 2.75) is 50.0 Å². The molecule has 0 radical (unpaired) electrons. The van der Waals surface area contributed by atoms with Crippen molar-refractivity contribution >= 4 is 32.7 Å². The molecule has 1 saturated heterocycles. The van der Waals surface area contributed by atoms with Crippen LogP contribution >= 0.6 is 11.8 Å². The van der Waals surface area contributed by atoms with Gasteiger partial charge in [0.25, 0.3) is 11.1 Å². The fraction of sp³-hybridized carbons (Fsp3) is 0.818. The molecule has 0 saturated carbocycles. The van der Waals surface area contributed by atoms with Gasteiger partial charge in [0.1, 0.15) is 0 Å². The highest BCUT2D eigenvalue weighted by Gasteiger charge is 2.41. The predicted molar refractivity (Wildman–Crippen MR) is 72.1 cm³/mol. The Labute approximate surface area is 112 Å². The summed E-state index contributed by atoms with van der Waals surface area (Å²) in [5.74, 6) is -0.715. The van der Waals surface area contributed by atoms with Crippen molar-refractivity contribution in [1.29, 1.82) is 0 Å². The van der Waals surface area contributed by atoms with Crippen molar-refractivity contribution in [3.05, 3.63) is 0 Å². The zero-order chi connectivity index (χ0) is 13.6. The summed E-state index contributed by atoms with van der Waals surface area (Å²) in [6.45, 7) is 2.12. The minimum absolute atomic E-state index is 0.0164. The minimum atomic E-state index is -3.50. The molecule has 0 aromatic heterocycles.